The lowest BCUT2D eigenvalue weighted by atomic mass is 10.00. The molecule has 1 N–H and O–H groups in total. The average Bonchev–Trinajstić information content (AvgIpc) is 2.60. The first kappa shape index (κ1) is 9.11. The average molecular weight is 248 g/mol. The molecule has 0 radical (unpaired) electrons. The van der Waals surface area contributed by atoms with Crippen LogP contribution >= 0.6 is 15.9 Å². The molecule has 0 amide bonds. The Hall–Kier alpha value is -0.460. The molecule has 72 valence electrons. The Bertz CT molecular complexity index is 300. The number of aryl methyl sites for hydroxylation is 1. The standard InChI is InChI=1S/C7H10BrN3O2/c1-11-5(6(8)9-10-11)7(12)2-3-13-4-7/h12H,2-4H2,1H3. The maximum atomic E-state index is 10.2. The second-order valence-corrected chi connectivity index (χ2v) is 3.94. The van der Waals surface area contributed by atoms with Crippen molar-refractivity contribution in [2.24, 2.45) is 7.05 Å². The second-order valence-electron chi connectivity index (χ2n) is 3.19. The van der Waals surface area contributed by atoms with Crippen molar-refractivity contribution in [2.45, 2.75) is 12.0 Å². The Balaban J connectivity index is 2.43. The van der Waals surface area contributed by atoms with Crippen LogP contribution in [0.5, 0.6) is 0 Å². The van der Waals surface area contributed by atoms with E-state index in [1.165, 1.54) is 0 Å². The molecule has 0 spiro atoms. The van der Waals surface area contributed by atoms with E-state index in [0.717, 1.165) is 0 Å². The molecule has 1 fully saturated rings. The van der Waals surface area contributed by atoms with Crippen LogP contribution in [0.2, 0.25) is 0 Å². The maximum Gasteiger partial charge on any atom is 0.154 e. The predicted octanol–water partition coefficient (Wildman–Crippen LogP) is 0.185. The number of rotatable bonds is 1. The molecular formula is C7H10BrN3O2. The quantitative estimate of drug-likeness (QED) is 0.770. The van der Waals surface area contributed by atoms with Gasteiger partial charge in [0.05, 0.1) is 6.61 Å². The van der Waals surface area contributed by atoms with Gasteiger partial charge in [0.1, 0.15) is 11.3 Å². The van der Waals surface area contributed by atoms with Crippen LogP contribution in [0.4, 0.5) is 0 Å². The Kier molecular flexibility index (Phi) is 2.13. The van der Waals surface area contributed by atoms with E-state index in [4.69, 9.17) is 4.74 Å². The van der Waals surface area contributed by atoms with Gasteiger partial charge in [0, 0.05) is 20.1 Å². The van der Waals surface area contributed by atoms with Crippen molar-refractivity contribution in [3.05, 3.63) is 10.3 Å². The smallest absolute Gasteiger partial charge is 0.154 e. The van der Waals surface area contributed by atoms with E-state index in [9.17, 15) is 5.11 Å². The van der Waals surface area contributed by atoms with E-state index in [0.29, 0.717) is 29.9 Å². The lowest BCUT2D eigenvalue weighted by molar-refractivity contribution is 0.0156. The normalized spacial score (nSPS) is 28.2. The molecule has 2 rings (SSSR count). The summed E-state index contributed by atoms with van der Waals surface area (Å²) in [6.07, 6.45) is 0.590. The Morgan fingerprint density at radius 2 is 2.46 bits per heavy atom. The summed E-state index contributed by atoms with van der Waals surface area (Å²) in [5, 5.41) is 17.8. The van der Waals surface area contributed by atoms with Gasteiger partial charge in [0.25, 0.3) is 0 Å². The topological polar surface area (TPSA) is 60.2 Å². The highest BCUT2D eigenvalue weighted by Gasteiger charge is 2.39. The van der Waals surface area contributed by atoms with Crippen molar-refractivity contribution >= 4 is 15.9 Å². The highest BCUT2D eigenvalue weighted by atomic mass is 79.9. The predicted molar refractivity (Wildman–Crippen MR) is 48.0 cm³/mol. The summed E-state index contributed by atoms with van der Waals surface area (Å²) < 4.78 is 7.31. The molecule has 1 aromatic rings. The van der Waals surface area contributed by atoms with Gasteiger partial charge in [-0.15, -0.1) is 5.10 Å². The number of hydrogen-bond acceptors (Lipinski definition) is 4. The summed E-state index contributed by atoms with van der Waals surface area (Å²) in [6, 6.07) is 0. The monoisotopic (exact) mass is 247 g/mol. The third-order valence-electron chi connectivity index (χ3n) is 2.23. The number of halogens is 1. The van der Waals surface area contributed by atoms with Gasteiger partial charge < -0.3 is 9.84 Å². The van der Waals surface area contributed by atoms with Crippen LogP contribution < -0.4 is 0 Å². The molecule has 1 atom stereocenters. The molecule has 6 heteroatoms. The van der Waals surface area contributed by atoms with E-state index in [2.05, 4.69) is 26.2 Å². The molecule has 0 saturated carbocycles. The van der Waals surface area contributed by atoms with Crippen LogP contribution in [0, 0.1) is 0 Å². The largest absolute Gasteiger partial charge is 0.381 e. The van der Waals surface area contributed by atoms with E-state index in [1.807, 2.05) is 0 Å². The van der Waals surface area contributed by atoms with Gasteiger partial charge in [-0.1, -0.05) is 5.21 Å². The minimum Gasteiger partial charge on any atom is -0.381 e. The lowest BCUT2D eigenvalue weighted by Gasteiger charge is -2.19. The van der Waals surface area contributed by atoms with Gasteiger partial charge in [-0.3, -0.25) is 0 Å². The number of hydrogen-bond donors (Lipinski definition) is 1. The molecule has 1 aliphatic heterocycles. The molecular weight excluding hydrogens is 238 g/mol. The van der Waals surface area contributed by atoms with Crippen LogP contribution in [0.15, 0.2) is 4.60 Å². The highest BCUT2D eigenvalue weighted by molar-refractivity contribution is 9.10. The van der Waals surface area contributed by atoms with E-state index < -0.39 is 5.60 Å². The summed E-state index contributed by atoms with van der Waals surface area (Å²) >= 11 is 3.25. The van der Waals surface area contributed by atoms with Crippen molar-refractivity contribution < 1.29 is 9.84 Å². The molecule has 2 heterocycles. The fourth-order valence-corrected chi connectivity index (χ4v) is 2.26. The zero-order chi connectivity index (χ0) is 9.47. The molecule has 5 nitrogen and oxygen atoms in total. The summed E-state index contributed by atoms with van der Waals surface area (Å²) in [5.74, 6) is 0. The van der Waals surface area contributed by atoms with Gasteiger partial charge in [0.2, 0.25) is 0 Å². The first-order chi connectivity index (χ1) is 6.13. The molecule has 1 aromatic heterocycles. The Morgan fingerprint density at radius 3 is 2.92 bits per heavy atom. The van der Waals surface area contributed by atoms with E-state index in [1.54, 1.807) is 11.7 Å². The van der Waals surface area contributed by atoms with Crippen LogP contribution in [-0.2, 0) is 17.4 Å². The SMILES string of the molecule is Cn1nnc(Br)c1C1(O)CCOC1. The number of aromatic nitrogens is 3. The molecule has 0 bridgehead atoms. The van der Waals surface area contributed by atoms with Gasteiger partial charge in [-0.05, 0) is 15.9 Å². The van der Waals surface area contributed by atoms with Gasteiger partial charge in [-0.25, -0.2) is 4.68 Å². The second kappa shape index (κ2) is 3.04. The van der Waals surface area contributed by atoms with Crippen molar-refractivity contribution in [2.75, 3.05) is 13.2 Å². The minimum atomic E-state index is -0.933. The Morgan fingerprint density at radius 1 is 1.69 bits per heavy atom. The van der Waals surface area contributed by atoms with Crippen LogP contribution in [0.3, 0.4) is 0 Å². The maximum absolute atomic E-state index is 10.2. The van der Waals surface area contributed by atoms with E-state index in [-0.39, 0.29) is 0 Å². The molecule has 1 unspecified atom stereocenters. The lowest BCUT2D eigenvalue weighted by Crippen LogP contribution is -2.29. The van der Waals surface area contributed by atoms with Crippen LogP contribution in [-0.4, -0.2) is 33.3 Å². The molecule has 1 saturated heterocycles. The molecule has 0 aliphatic carbocycles. The summed E-state index contributed by atoms with van der Waals surface area (Å²) in [6.45, 7) is 0.890. The summed E-state index contributed by atoms with van der Waals surface area (Å²) in [7, 11) is 1.75. The highest BCUT2D eigenvalue weighted by Crippen LogP contribution is 2.33. The van der Waals surface area contributed by atoms with Gasteiger partial charge in [-0.2, -0.15) is 0 Å². The number of aliphatic hydroxyl groups is 1. The fourth-order valence-electron chi connectivity index (χ4n) is 1.57. The van der Waals surface area contributed by atoms with E-state index >= 15 is 0 Å². The van der Waals surface area contributed by atoms with Crippen molar-refractivity contribution in [3.63, 3.8) is 0 Å². The van der Waals surface area contributed by atoms with Crippen molar-refractivity contribution in [1.29, 1.82) is 0 Å². The number of nitrogens with zero attached hydrogens (tertiary/aromatic N) is 3. The van der Waals surface area contributed by atoms with Crippen LogP contribution in [0.1, 0.15) is 12.1 Å². The zero-order valence-corrected chi connectivity index (χ0v) is 8.78. The third-order valence-corrected chi connectivity index (χ3v) is 2.76. The molecule has 0 aromatic carbocycles. The first-order valence-corrected chi connectivity index (χ1v) is 4.78. The van der Waals surface area contributed by atoms with Crippen molar-refractivity contribution in [1.82, 2.24) is 15.0 Å². The van der Waals surface area contributed by atoms with Gasteiger partial charge in [0.15, 0.2) is 4.60 Å². The molecule has 13 heavy (non-hydrogen) atoms. The minimum absolute atomic E-state index is 0.312. The van der Waals surface area contributed by atoms with Gasteiger partial charge >= 0.3 is 0 Å². The fraction of sp³-hybridized carbons (Fsp3) is 0.714. The zero-order valence-electron chi connectivity index (χ0n) is 7.20. The van der Waals surface area contributed by atoms with Crippen molar-refractivity contribution in [3.8, 4) is 0 Å². The summed E-state index contributed by atoms with van der Waals surface area (Å²) in [4.78, 5) is 0. The third kappa shape index (κ3) is 1.38. The summed E-state index contributed by atoms with van der Waals surface area (Å²) in [5.41, 5.74) is -0.248. The Labute approximate surface area is 83.8 Å². The molecule has 1 aliphatic rings. The first-order valence-electron chi connectivity index (χ1n) is 3.99. The number of ether oxygens (including phenoxy) is 1. The van der Waals surface area contributed by atoms with Crippen LogP contribution in [0.25, 0.3) is 0 Å².